The molecule has 1 aromatic heterocycles. The molecule has 0 aliphatic rings. The van der Waals surface area contributed by atoms with Gasteiger partial charge in [0.15, 0.2) is 0 Å². The van der Waals surface area contributed by atoms with Crippen molar-refractivity contribution in [3.05, 3.63) is 114 Å². The molecule has 27 heavy (non-hydrogen) atoms. The Morgan fingerprint density at radius 1 is 0.593 bits per heavy atom. The van der Waals surface area contributed by atoms with Crippen LogP contribution in [0.1, 0.15) is 11.1 Å². The molecule has 4 aromatic rings. The summed E-state index contributed by atoms with van der Waals surface area (Å²) in [5.74, 6) is 1.79. The topological polar surface area (TPSA) is 22.1 Å². The van der Waals surface area contributed by atoms with Crippen molar-refractivity contribution < 1.29 is 4.74 Å². The summed E-state index contributed by atoms with van der Waals surface area (Å²) >= 11 is 0. The van der Waals surface area contributed by atoms with Crippen molar-refractivity contribution in [2.75, 3.05) is 0 Å². The first-order chi connectivity index (χ1) is 13.2. The highest BCUT2D eigenvalue weighted by Gasteiger charge is 2.00. The molecule has 0 fully saturated rings. The summed E-state index contributed by atoms with van der Waals surface area (Å²) in [4.78, 5) is 4.31. The summed E-state index contributed by atoms with van der Waals surface area (Å²) in [7, 11) is 0. The Morgan fingerprint density at radius 3 is 1.89 bits per heavy atom. The normalized spacial score (nSPS) is 9.85. The van der Waals surface area contributed by atoms with Gasteiger partial charge in [-0.05, 0) is 55.3 Å². The van der Waals surface area contributed by atoms with E-state index in [0.717, 1.165) is 22.8 Å². The first-order valence-corrected chi connectivity index (χ1v) is 8.99. The number of benzene rings is 3. The smallest absolute Gasteiger partial charge is 0.130 e. The van der Waals surface area contributed by atoms with Gasteiger partial charge in [0.05, 0.1) is 5.69 Å². The third-order valence-corrected chi connectivity index (χ3v) is 4.15. The van der Waals surface area contributed by atoms with Crippen molar-refractivity contribution in [3.63, 3.8) is 0 Å². The van der Waals surface area contributed by atoms with E-state index in [9.17, 15) is 0 Å². The van der Waals surface area contributed by atoms with Crippen LogP contribution in [0, 0.1) is 13.8 Å². The Hall–Kier alpha value is -3.39. The van der Waals surface area contributed by atoms with Crippen molar-refractivity contribution in [3.8, 4) is 22.8 Å². The standard InChI is InChI=1S/C13H12O.C12H11N/c1-11-7-5-6-10-13(11)14-12-8-3-2-4-9-12;1-10-6-2-3-7-11(10)12-8-4-5-9-13-12/h2-10H,1H3;2-9H,1H3. The Balaban J connectivity index is 0.000000156. The van der Waals surface area contributed by atoms with E-state index in [2.05, 4.69) is 24.0 Å². The zero-order valence-corrected chi connectivity index (χ0v) is 15.7. The molecule has 0 saturated carbocycles. The summed E-state index contributed by atoms with van der Waals surface area (Å²) in [5.41, 5.74) is 4.67. The molecular formula is C25H23NO. The lowest BCUT2D eigenvalue weighted by atomic mass is 10.1. The maximum absolute atomic E-state index is 5.71. The average Bonchev–Trinajstić information content (AvgIpc) is 2.72. The molecule has 0 bridgehead atoms. The summed E-state index contributed by atoms with van der Waals surface area (Å²) in [5, 5.41) is 0. The minimum absolute atomic E-state index is 0.877. The zero-order valence-electron chi connectivity index (χ0n) is 15.7. The van der Waals surface area contributed by atoms with Gasteiger partial charge in [-0.15, -0.1) is 0 Å². The van der Waals surface area contributed by atoms with Crippen LogP contribution < -0.4 is 4.74 Å². The quantitative estimate of drug-likeness (QED) is 0.402. The molecule has 0 atom stereocenters. The van der Waals surface area contributed by atoms with Gasteiger partial charge in [0.1, 0.15) is 11.5 Å². The van der Waals surface area contributed by atoms with Crippen LogP contribution in [0.2, 0.25) is 0 Å². The number of ether oxygens (including phenoxy) is 1. The number of hydrogen-bond donors (Lipinski definition) is 0. The van der Waals surface area contributed by atoms with Gasteiger partial charge in [-0.1, -0.05) is 66.7 Å². The lowest BCUT2D eigenvalue weighted by molar-refractivity contribution is 0.479. The van der Waals surface area contributed by atoms with Gasteiger partial charge >= 0.3 is 0 Å². The Labute approximate surface area is 161 Å². The molecule has 0 amide bonds. The third-order valence-electron chi connectivity index (χ3n) is 4.15. The maximum Gasteiger partial charge on any atom is 0.130 e. The third kappa shape index (κ3) is 5.29. The van der Waals surface area contributed by atoms with Crippen molar-refractivity contribution in [2.24, 2.45) is 0 Å². The summed E-state index contributed by atoms with van der Waals surface area (Å²) in [6, 6.07) is 32.1. The number of para-hydroxylation sites is 2. The van der Waals surface area contributed by atoms with E-state index in [0.29, 0.717) is 0 Å². The number of aromatic nitrogens is 1. The predicted octanol–water partition coefficient (Wildman–Crippen LogP) is 6.84. The molecule has 0 aliphatic heterocycles. The highest BCUT2D eigenvalue weighted by Crippen LogP contribution is 2.23. The first kappa shape index (κ1) is 18.4. The van der Waals surface area contributed by atoms with Gasteiger partial charge in [0.25, 0.3) is 0 Å². The fourth-order valence-electron chi connectivity index (χ4n) is 2.67. The van der Waals surface area contributed by atoms with E-state index in [1.165, 1.54) is 11.1 Å². The molecule has 0 N–H and O–H groups in total. The van der Waals surface area contributed by atoms with Gasteiger partial charge < -0.3 is 4.74 Å². The molecule has 1 heterocycles. The largest absolute Gasteiger partial charge is 0.457 e. The summed E-state index contributed by atoms with van der Waals surface area (Å²) in [6.07, 6.45) is 1.82. The van der Waals surface area contributed by atoms with E-state index in [1.807, 2.05) is 98.0 Å². The van der Waals surface area contributed by atoms with Crippen LogP contribution in [0.5, 0.6) is 11.5 Å². The molecule has 4 rings (SSSR count). The summed E-state index contributed by atoms with van der Waals surface area (Å²) in [6.45, 7) is 4.14. The molecule has 0 saturated heterocycles. The van der Waals surface area contributed by atoms with Crippen LogP contribution in [0.25, 0.3) is 11.3 Å². The van der Waals surface area contributed by atoms with Crippen molar-refractivity contribution in [1.82, 2.24) is 4.98 Å². The second-order valence-corrected chi connectivity index (χ2v) is 6.21. The number of nitrogens with zero attached hydrogens (tertiary/aromatic N) is 1. The molecular weight excluding hydrogens is 330 g/mol. The molecule has 2 heteroatoms. The minimum atomic E-state index is 0.877. The predicted molar refractivity (Wildman–Crippen MR) is 112 cm³/mol. The number of rotatable bonds is 3. The van der Waals surface area contributed by atoms with Gasteiger partial charge in [0, 0.05) is 11.8 Å². The lowest BCUT2D eigenvalue weighted by Gasteiger charge is -2.07. The number of pyridine rings is 1. The van der Waals surface area contributed by atoms with Crippen molar-refractivity contribution in [1.29, 1.82) is 0 Å². The van der Waals surface area contributed by atoms with Gasteiger partial charge in [-0.25, -0.2) is 0 Å². The van der Waals surface area contributed by atoms with E-state index in [-0.39, 0.29) is 0 Å². The minimum Gasteiger partial charge on any atom is -0.457 e. The highest BCUT2D eigenvalue weighted by molar-refractivity contribution is 5.62. The molecule has 134 valence electrons. The second-order valence-electron chi connectivity index (χ2n) is 6.21. The number of hydrogen-bond acceptors (Lipinski definition) is 2. The molecule has 0 aliphatic carbocycles. The Kier molecular flexibility index (Phi) is 6.37. The lowest BCUT2D eigenvalue weighted by Crippen LogP contribution is -1.85. The van der Waals surface area contributed by atoms with Gasteiger partial charge in [0.2, 0.25) is 0 Å². The van der Waals surface area contributed by atoms with Gasteiger partial charge in [-0.2, -0.15) is 0 Å². The second kappa shape index (κ2) is 9.35. The van der Waals surface area contributed by atoms with E-state index < -0.39 is 0 Å². The zero-order chi connectivity index (χ0) is 18.9. The van der Waals surface area contributed by atoms with Crippen LogP contribution in [-0.4, -0.2) is 4.98 Å². The number of aryl methyl sites for hydroxylation is 2. The van der Waals surface area contributed by atoms with Crippen LogP contribution in [-0.2, 0) is 0 Å². The fourth-order valence-corrected chi connectivity index (χ4v) is 2.67. The van der Waals surface area contributed by atoms with E-state index >= 15 is 0 Å². The monoisotopic (exact) mass is 353 g/mol. The SMILES string of the molecule is Cc1ccccc1-c1ccccn1.Cc1ccccc1Oc1ccccc1. The van der Waals surface area contributed by atoms with Crippen molar-refractivity contribution >= 4 is 0 Å². The summed E-state index contributed by atoms with van der Waals surface area (Å²) < 4.78 is 5.71. The molecule has 3 aromatic carbocycles. The maximum atomic E-state index is 5.71. The molecule has 0 radical (unpaired) electrons. The Bertz CT molecular complexity index is 965. The van der Waals surface area contributed by atoms with Crippen LogP contribution >= 0.6 is 0 Å². The molecule has 0 unspecified atom stereocenters. The van der Waals surface area contributed by atoms with E-state index in [4.69, 9.17) is 4.74 Å². The molecule has 2 nitrogen and oxygen atoms in total. The van der Waals surface area contributed by atoms with E-state index in [1.54, 1.807) is 0 Å². The highest BCUT2D eigenvalue weighted by atomic mass is 16.5. The first-order valence-electron chi connectivity index (χ1n) is 8.99. The van der Waals surface area contributed by atoms with Gasteiger partial charge in [-0.3, -0.25) is 4.98 Å². The fraction of sp³-hybridized carbons (Fsp3) is 0.0800. The van der Waals surface area contributed by atoms with Crippen molar-refractivity contribution in [2.45, 2.75) is 13.8 Å². The average molecular weight is 353 g/mol. The van der Waals surface area contributed by atoms with Crippen LogP contribution in [0.4, 0.5) is 0 Å². The van der Waals surface area contributed by atoms with Crippen LogP contribution in [0.3, 0.4) is 0 Å². The van der Waals surface area contributed by atoms with Crippen LogP contribution in [0.15, 0.2) is 103 Å². The molecule has 0 spiro atoms. The Morgan fingerprint density at radius 2 is 1.22 bits per heavy atom.